The van der Waals surface area contributed by atoms with E-state index in [0.717, 1.165) is 19.4 Å². The van der Waals surface area contributed by atoms with Gasteiger partial charge in [-0.3, -0.25) is 4.79 Å². The third kappa shape index (κ3) is 1.28. The highest BCUT2D eigenvalue weighted by atomic mass is 16.3. The Morgan fingerprint density at radius 2 is 2.44 bits per heavy atom. The van der Waals surface area contributed by atoms with Crippen molar-refractivity contribution in [3.8, 4) is 0 Å². The van der Waals surface area contributed by atoms with Crippen molar-refractivity contribution in [2.75, 3.05) is 13.1 Å². The molecule has 1 aromatic heterocycles. The lowest BCUT2D eigenvalue weighted by Gasteiger charge is -2.41. The van der Waals surface area contributed by atoms with Crippen LogP contribution in [0.4, 0.5) is 0 Å². The molecular weight excluding hydrogens is 206 g/mol. The molecule has 0 aromatic carbocycles. The number of hydrogen-bond acceptors (Lipinski definition) is 4. The zero-order chi connectivity index (χ0) is 11.2. The van der Waals surface area contributed by atoms with Gasteiger partial charge >= 0.3 is 0 Å². The number of oxazole rings is 1. The molecule has 1 atom stereocenters. The Labute approximate surface area is 93.6 Å². The standard InChI is InChI=1S/C11H15N3O2/c12-9-4-14(6-11(9)2-1-3-11)10(15)8-5-16-7-13-8/h5,7,9H,1-4,6,12H2. The van der Waals surface area contributed by atoms with Crippen LogP contribution in [0, 0.1) is 5.41 Å². The summed E-state index contributed by atoms with van der Waals surface area (Å²) in [5, 5.41) is 0. The molecule has 1 aromatic rings. The first-order chi connectivity index (χ1) is 7.71. The zero-order valence-electron chi connectivity index (χ0n) is 9.06. The average molecular weight is 221 g/mol. The number of rotatable bonds is 1. The summed E-state index contributed by atoms with van der Waals surface area (Å²) in [6, 6.07) is 0.122. The van der Waals surface area contributed by atoms with Crippen molar-refractivity contribution in [1.82, 2.24) is 9.88 Å². The SMILES string of the molecule is NC1CN(C(=O)c2cocn2)CC12CCC2. The van der Waals surface area contributed by atoms with Crippen LogP contribution in [0.2, 0.25) is 0 Å². The quantitative estimate of drug-likeness (QED) is 0.754. The lowest BCUT2D eigenvalue weighted by atomic mass is 9.66. The molecule has 1 amide bonds. The summed E-state index contributed by atoms with van der Waals surface area (Å²) in [5.74, 6) is -0.0621. The molecule has 1 saturated carbocycles. The Bertz CT molecular complexity index is 397. The van der Waals surface area contributed by atoms with Gasteiger partial charge in [0.2, 0.25) is 0 Å². The number of amides is 1. The van der Waals surface area contributed by atoms with Crippen LogP contribution in [0.1, 0.15) is 29.8 Å². The van der Waals surface area contributed by atoms with Crippen molar-refractivity contribution in [1.29, 1.82) is 0 Å². The molecule has 3 rings (SSSR count). The van der Waals surface area contributed by atoms with Crippen LogP contribution in [0.25, 0.3) is 0 Å². The van der Waals surface area contributed by atoms with Crippen LogP contribution in [0.15, 0.2) is 17.1 Å². The molecule has 0 bridgehead atoms. The summed E-state index contributed by atoms with van der Waals surface area (Å²) < 4.78 is 4.82. The maximum absolute atomic E-state index is 12.0. The Hall–Kier alpha value is -1.36. The van der Waals surface area contributed by atoms with E-state index in [9.17, 15) is 4.79 Å². The van der Waals surface area contributed by atoms with E-state index in [1.807, 2.05) is 4.90 Å². The van der Waals surface area contributed by atoms with Gasteiger partial charge in [-0.15, -0.1) is 0 Å². The second kappa shape index (κ2) is 3.31. The van der Waals surface area contributed by atoms with E-state index >= 15 is 0 Å². The summed E-state index contributed by atoms with van der Waals surface area (Å²) in [6.07, 6.45) is 6.20. The fourth-order valence-electron chi connectivity index (χ4n) is 2.79. The van der Waals surface area contributed by atoms with Crippen LogP contribution in [-0.4, -0.2) is 34.9 Å². The van der Waals surface area contributed by atoms with Gasteiger partial charge in [-0.2, -0.15) is 0 Å². The number of nitrogens with zero attached hydrogens (tertiary/aromatic N) is 2. The average Bonchev–Trinajstić information content (AvgIpc) is 2.81. The van der Waals surface area contributed by atoms with Crippen LogP contribution in [-0.2, 0) is 0 Å². The lowest BCUT2D eigenvalue weighted by molar-refractivity contribution is 0.0721. The van der Waals surface area contributed by atoms with Crippen molar-refractivity contribution in [2.24, 2.45) is 11.1 Å². The first-order valence-electron chi connectivity index (χ1n) is 5.64. The van der Waals surface area contributed by atoms with Gasteiger partial charge in [0.15, 0.2) is 12.1 Å². The van der Waals surface area contributed by atoms with Crippen LogP contribution in [0.5, 0.6) is 0 Å². The van der Waals surface area contributed by atoms with E-state index in [4.69, 9.17) is 10.2 Å². The van der Waals surface area contributed by atoms with Crippen molar-refractivity contribution in [2.45, 2.75) is 25.3 Å². The molecule has 1 unspecified atom stereocenters. The van der Waals surface area contributed by atoms with Crippen LogP contribution >= 0.6 is 0 Å². The van der Waals surface area contributed by atoms with Gasteiger partial charge in [-0.25, -0.2) is 4.98 Å². The number of carbonyl (C=O) groups excluding carboxylic acids is 1. The molecule has 0 radical (unpaired) electrons. The van der Waals surface area contributed by atoms with Crippen molar-refractivity contribution < 1.29 is 9.21 Å². The molecule has 1 saturated heterocycles. The minimum absolute atomic E-state index is 0.0621. The van der Waals surface area contributed by atoms with Gasteiger partial charge in [0, 0.05) is 24.5 Å². The van der Waals surface area contributed by atoms with E-state index in [0.29, 0.717) is 12.2 Å². The molecule has 5 nitrogen and oxygen atoms in total. The van der Waals surface area contributed by atoms with Gasteiger partial charge < -0.3 is 15.1 Å². The molecule has 1 spiro atoms. The monoisotopic (exact) mass is 221 g/mol. The Morgan fingerprint density at radius 1 is 1.62 bits per heavy atom. The minimum atomic E-state index is -0.0621. The molecule has 5 heteroatoms. The summed E-state index contributed by atoms with van der Waals surface area (Å²) in [6.45, 7) is 1.42. The summed E-state index contributed by atoms with van der Waals surface area (Å²) in [5.41, 5.74) is 6.69. The smallest absolute Gasteiger partial charge is 0.275 e. The van der Waals surface area contributed by atoms with Crippen LogP contribution in [0.3, 0.4) is 0 Å². The minimum Gasteiger partial charge on any atom is -0.451 e. The molecule has 2 fully saturated rings. The Kier molecular flexibility index (Phi) is 2.04. The molecular formula is C11H15N3O2. The second-order valence-corrected chi connectivity index (χ2v) is 4.88. The highest BCUT2D eigenvalue weighted by molar-refractivity contribution is 5.92. The zero-order valence-corrected chi connectivity index (χ0v) is 9.06. The van der Waals surface area contributed by atoms with E-state index in [1.165, 1.54) is 19.1 Å². The predicted molar refractivity (Wildman–Crippen MR) is 56.7 cm³/mol. The fraction of sp³-hybridized carbons (Fsp3) is 0.636. The molecule has 86 valence electrons. The third-order valence-electron chi connectivity index (χ3n) is 4.00. The van der Waals surface area contributed by atoms with E-state index in [2.05, 4.69) is 4.98 Å². The fourth-order valence-corrected chi connectivity index (χ4v) is 2.79. The maximum atomic E-state index is 12.0. The summed E-state index contributed by atoms with van der Waals surface area (Å²) in [7, 11) is 0. The van der Waals surface area contributed by atoms with Crippen molar-refractivity contribution in [3.05, 3.63) is 18.4 Å². The number of carbonyl (C=O) groups is 1. The molecule has 2 N–H and O–H groups in total. The van der Waals surface area contributed by atoms with Crippen molar-refractivity contribution >= 4 is 5.91 Å². The molecule has 16 heavy (non-hydrogen) atoms. The summed E-state index contributed by atoms with van der Waals surface area (Å²) >= 11 is 0. The topological polar surface area (TPSA) is 72.4 Å². The van der Waals surface area contributed by atoms with Gasteiger partial charge in [0.25, 0.3) is 5.91 Å². The summed E-state index contributed by atoms with van der Waals surface area (Å²) in [4.78, 5) is 17.7. The van der Waals surface area contributed by atoms with Gasteiger partial charge in [-0.1, -0.05) is 6.42 Å². The van der Waals surface area contributed by atoms with Gasteiger partial charge in [0.05, 0.1) is 0 Å². The number of hydrogen-bond donors (Lipinski definition) is 1. The first-order valence-corrected chi connectivity index (χ1v) is 5.64. The number of aromatic nitrogens is 1. The van der Waals surface area contributed by atoms with Gasteiger partial charge in [-0.05, 0) is 12.8 Å². The molecule has 2 aliphatic rings. The van der Waals surface area contributed by atoms with Gasteiger partial charge in [0.1, 0.15) is 6.26 Å². The normalized spacial score (nSPS) is 27.1. The predicted octanol–water partition coefficient (Wildman–Crippen LogP) is 0.628. The Balaban J connectivity index is 1.76. The highest BCUT2D eigenvalue weighted by Crippen LogP contribution is 2.47. The number of nitrogens with two attached hydrogens (primary N) is 1. The third-order valence-corrected chi connectivity index (χ3v) is 4.00. The highest BCUT2D eigenvalue weighted by Gasteiger charge is 2.50. The maximum Gasteiger partial charge on any atom is 0.275 e. The number of likely N-dealkylation sites (tertiary alicyclic amines) is 1. The van der Waals surface area contributed by atoms with E-state index < -0.39 is 0 Å². The molecule has 1 aliphatic carbocycles. The first kappa shape index (κ1) is 9.84. The van der Waals surface area contributed by atoms with E-state index in [1.54, 1.807) is 0 Å². The lowest BCUT2D eigenvalue weighted by Crippen LogP contribution is -2.45. The molecule has 2 heterocycles. The van der Waals surface area contributed by atoms with E-state index in [-0.39, 0.29) is 17.4 Å². The second-order valence-electron chi connectivity index (χ2n) is 4.88. The van der Waals surface area contributed by atoms with Crippen LogP contribution < -0.4 is 5.73 Å². The van der Waals surface area contributed by atoms with Crippen molar-refractivity contribution in [3.63, 3.8) is 0 Å². The Morgan fingerprint density at radius 3 is 2.94 bits per heavy atom. The molecule has 1 aliphatic heterocycles. The largest absolute Gasteiger partial charge is 0.451 e.